The lowest BCUT2D eigenvalue weighted by atomic mass is 9.85. The van der Waals surface area contributed by atoms with Gasteiger partial charge in [0.1, 0.15) is 29.5 Å². The number of anilines is 2. The fraction of sp³-hybridized carbons (Fsp3) is 0.292. The van der Waals surface area contributed by atoms with E-state index in [1.165, 1.54) is 24.7 Å². The normalized spacial score (nSPS) is 17.8. The van der Waals surface area contributed by atoms with Crippen LogP contribution in [0.2, 0.25) is 0 Å². The van der Waals surface area contributed by atoms with Gasteiger partial charge >= 0.3 is 0 Å². The zero-order valence-corrected chi connectivity index (χ0v) is 19.1. The fourth-order valence-corrected chi connectivity index (χ4v) is 4.57. The Balaban J connectivity index is 1.26. The molecule has 186 valence electrons. The van der Waals surface area contributed by atoms with Crippen LogP contribution in [-0.4, -0.2) is 43.4 Å². The molecule has 2 atom stereocenters. The third-order valence-corrected chi connectivity index (χ3v) is 6.29. The maximum atomic E-state index is 14.5. The number of carbonyl (C=O) groups excluding carboxylic acids is 1. The van der Waals surface area contributed by atoms with E-state index in [1.807, 2.05) is 0 Å². The molecule has 0 unspecified atom stereocenters. The van der Waals surface area contributed by atoms with Crippen molar-refractivity contribution in [2.75, 3.05) is 17.6 Å². The summed E-state index contributed by atoms with van der Waals surface area (Å²) >= 11 is 0. The first-order chi connectivity index (χ1) is 17.4. The maximum Gasteiger partial charge on any atom is 0.270 e. The number of carbonyl (C=O) groups is 1. The number of amides is 1. The zero-order chi connectivity index (χ0) is 25.2. The van der Waals surface area contributed by atoms with Gasteiger partial charge < -0.3 is 21.4 Å². The van der Waals surface area contributed by atoms with Crippen molar-refractivity contribution in [3.05, 3.63) is 60.1 Å². The minimum atomic E-state index is -0.737. The number of H-pyrrole nitrogens is 1. The highest BCUT2D eigenvalue weighted by molar-refractivity contribution is 5.94. The van der Waals surface area contributed by atoms with Gasteiger partial charge in [0.2, 0.25) is 0 Å². The Hall–Kier alpha value is -4.22. The maximum absolute atomic E-state index is 14.5. The van der Waals surface area contributed by atoms with E-state index in [4.69, 9.17) is 5.73 Å². The molecule has 3 heterocycles. The predicted molar refractivity (Wildman–Crippen MR) is 127 cm³/mol. The number of hydrogen-bond donors (Lipinski definition) is 4. The molecule has 0 aliphatic heterocycles. The summed E-state index contributed by atoms with van der Waals surface area (Å²) in [7, 11) is 0. The average molecular weight is 496 g/mol. The Labute approximate surface area is 203 Å². The highest BCUT2D eigenvalue weighted by Crippen LogP contribution is 2.30. The highest BCUT2D eigenvalue weighted by Gasteiger charge is 2.25. The number of aromatic nitrogens is 5. The lowest BCUT2D eigenvalue weighted by Gasteiger charge is -2.30. The van der Waals surface area contributed by atoms with E-state index < -0.39 is 17.5 Å². The number of hydrogen-bond acceptors (Lipinski definition) is 7. The molecule has 4 aromatic rings. The summed E-state index contributed by atoms with van der Waals surface area (Å²) < 4.78 is 42.3. The fourth-order valence-electron chi connectivity index (χ4n) is 4.57. The van der Waals surface area contributed by atoms with Gasteiger partial charge in [0.25, 0.3) is 5.91 Å². The Morgan fingerprint density at radius 1 is 1.11 bits per heavy atom. The van der Waals surface area contributed by atoms with Crippen LogP contribution in [0.15, 0.2) is 36.9 Å². The van der Waals surface area contributed by atoms with Crippen LogP contribution in [0.4, 0.5) is 24.8 Å². The van der Waals surface area contributed by atoms with Crippen molar-refractivity contribution < 1.29 is 18.0 Å². The van der Waals surface area contributed by atoms with Crippen molar-refractivity contribution in [1.82, 2.24) is 30.2 Å². The van der Waals surface area contributed by atoms with Crippen LogP contribution in [0.25, 0.3) is 22.3 Å². The van der Waals surface area contributed by atoms with Crippen molar-refractivity contribution >= 4 is 28.4 Å². The largest absolute Gasteiger partial charge is 0.384 e. The number of halogens is 3. The number of rotatable bonds is 6. The highest BCUT2D eigenvalue weighted by atomic mass is 19.1. The second-order valence-electron chi connectivity index (χ2n) is 8.81. The van der Waals surface area contributed by atoms with Crippen molar-refractivity contribution in [3.8, 4) is 11.4 Å². The summed E-state index contributed by atoms with van der Waals surface area (Å²) in [6.07, 6.45) is 7.04. The molecule has 1 aliphatic rings. The van der Waals surface area contributed by atoms with Gasteiger partial charge in [0.15, 0.2) is 17.5 Å². The lowest BCUT2D eigenvalue weighted by molar-refractivity contribution is 0.0915. The van der Waals surface area contributed by atoms with Crippen LogP contribution in [0.5, 0.6) is 0 Å². The van der Waals surface area contributed by atoms with E-state index in [0.717, 1.165) is 31.5 Å². The smallest absolute Gasteiger partial charge is 0.270 e. The molecule has 9 nitrogen and oxygen atoms in total. The van der Waals surface area contributed by atoms with Gasteiger partial charge in [-0.1, -0.05) is 6.42 Å². The quantitative estimate of drug-likeness (QED) is 0.319. The standard InChI is InChI=1S/C24H23F3N8O/c25-13-5-15-16(9-29-21(15)17(26)6-13)22-31-10-18(27)23(35-22)30-8-12-2-1-3-14(4-12)34-24(36)19-7-20(28)33-11-32-19/h5-7,9-12,14,29H,1-4,8H2,(H,34,36)(H2,28,32,33)(H,30,31,35)/t12-,14+/m0/s1. The second-order valence-corrected chi connectivity index (χ2v) is 8.81. The van der Waals surface area contributed by atoms with E-state index in [9.17, 15) is 18.0 Å². The number of benzene rings is 1. The van der Waals surface area contributed by atoms with Gasteiger partial charge in [-0.2, -0.15) is 0 Å². The number of nitrogens with one attached hydrogen (secondary N) is 3. The molecule has 3 aromatic heterocycles. The molecule has 1 saturated carbocycles. The zero-order valence-electron chi connectivity index (χ0n) is 19.1. The lowest BCUT2D eigenvalue weighted by Crippen LogP contribution is -2.40. The van der Waals surface area contributed by atoms with Crippen molar-refractivity contribution in [1.29, 1.82) is 0 Å². The molecule has 5 N–H and O–H groups in total. The molecular formula is C24H23F3N8O. The van der Waals surface area contributed by atoms with E-state index in [1.54, 1.807) is 0 Å². The van der Waals surface area contributed by atoms with Crippen molar-refractivity contribution in [2.24, 2.45) is 5.92 Å². The van der Waals surface area contributed by atoms with Gasteiger partial charge in [-0.25, -0.2) is 33.1 Å². The van der Waals surface area contributed by atoms with Crippen molar-refractivity contribution in [3.63, 3.8) is 0 Å². The van der Waals surface area contributed by atoms with E-state index in [-0.39, 0.29) is 51.9 Å². The topological polar surface area (TPSA) is 134 Å². The number of fused-ring (bicyclic) bond motifs is 1. The number of nitrogens with zero attached hydrogens (tertiary/aromatic N) is 4. The number of nitrogens with two attached hydrogens (primary N) is 1. The molecule has 1 aliphatic carbocycles. The van der Waals surface area contributed by atoms with Crippen LogP contribution in [0.1, 0.15) is 36.2 Å². The Morgan fingerprint density at radius 2 is 1.97 bits per heavy atom. The van der Waals surface area contributed by atoms with Gasteiger partial charge in [0.05, 0.1) is 11.7 Å². The molecule has 0 saturated heterocycles. The summed E-state index contributed by atoms with van der Waals surface area (Å²) in [5, 5.41) is 6.28. The van der Waals surface area contributed by atoms with Crippen molar-refractivity contribution in [2.45, 2.75) is 31.7 Å². The van der Waals surface area contributed by atoms with Crippen LogP contribution in [0, 0.1) is 23.4 Å². The molecule has 0 bridgehead atoms. The molecule has 1 amide bonds. The van der Waals surface area contributed by atoms with Gasteiger partial charge in [-0.3, -0.25) is 4.79 Å². The molecule has 1 fully saturated rings. The molecule has 5 rings (SSSR count). The minimum Gasteiger partial charge on any atom is -0.384 e. The second kappa shape index (κ2) is 9.80. The predicted octanol–water partition coefficient (Wildman–Crippen LogP) is 3.82. The molecule has 1 aromatic carbocycles. The molecule has 0 spiro atoms. The molecular weight excluding hydrogens is 473 g/mol. The first kappa shape index (κ1) is 23.5. The van der Waals surface area contributed by atoms with Gasteiger partial charge in [-0.15, -0.1) is 0 Å². The average Bonchev–Trinajstić information content (AvgIpc) is 3.28. The summed E-state index contributed by atoms with van der Waals surface area (Å²) in [6.45, 7) is 0.428. The summed E-state index contributed by atoms with van der Waals surface area (Å²) in [5.41, 5.74) is 6.31. The molecule has 12 heteroatoms. The Kier molecular flexibility index (Phi) is 6.40. The van der Waals surface area contributed by atoms with Crippen LogP contribution >= 0.6 is 0 Å². The third-order valence-electron chi connectivity index (χ3n) is 6.29. The van der Waals surface area contributed by atoms with Crippen LogP contribution in [0.3, 0.4) is 0 Å². The Morgan fingerprint density at radius 3 is 2.81 bits per heavy atom. The van der Waals surface area contributed by atoms with E-state index in [2.05, 4.69) is 35.6 Å². The Bertz CT molecular complexity index is 1430. The van der Waals surface area contributed by atoms with Crippen LogP contribution < -0.4 is 16.4 Å². The number of nitrogen functional groups attached to an aromatic ring is 1. The van der Waals surface area contributed by atoms with E-state index in [0.29, 0.717) is 18.5 Å². The van der Waals surface area contributed by atoms with E-state index >= 15 is 0 Å². The minimum absolute atomic E-state index is 0.00570. The monoisotopic (exact) mass is 496 g/mol. The van der Waals surface area contributed by atoms with Gasteiger partial charge in [-0.05, 0) is 31.2 Å². The SMILES string of the molecule is Nc1cc(C(=O)N[C@@H]2CCC[C@H](CNc3nc(-c4c[nH]c5c(F)cc(F)cc45)ncc3F)C2)ncn1. The first-order valence-corrected chi connectivity index (χ1v) is 11.5. The summed E-state index contributed by atoms with van der Waals surface area (Å²) in [4.78, 5) is 31.3. The third kappa shape index (κ3) is 4.92. The molecule has 0 radical (unpaired) electrons. The first-order valence-electron chi connectivity index (χ1n) is 11.5. The summed E-state index contributed by atoms with van der Waals surface area (Å²) in [6, 6.07) is 3.32. The van der Waals surface area contributed by atoms with Crippen LogP contribution in [-0.2, 0) is 0 Å². The molecule has 36 heavy (non-hydrogen) atoms. The number of aromatic amines is 1. The van der Waals surface area contributed by atoms with Gasteiger partial charge in [0, 0.05) is 41.9 Å². The summed E-state index contributed by atoms with van der Waals surface area (Å²) in [5.74, 6) is -1.92.